The van der Waals surface area contributed by atoms with Gasteiger partial charge in [0.25, 0.3) is 0 Å². The number of hydrazine groups is 1. The molecule has 0 aliphatic heterocycles. The summed E-state index contributed by atoms with van der Waals surface area (Å²) in [6.07, 6.45) is 3.36. The molecule has 0 aliphatic carbocycles. The molecule has 4 aromatic rings. The van der Waals surface area contributed by atoms with Gasteiger partial charge in [0.15, 0.2) is 17.5 Å². The van der Waals surface area contributed by atoms with Crippen LogP contribution in [0, 0.1) is 0 Å². The van der Waals surface area contributed by atoms with E-state index in [2.05, 4.69) is 42.1 Å². The molecule has 3 heterocycles. The van der Waals surface area contributed by atoms with E-state index in [0.29, 0.717) is 35.7 Å². The highest BCUT2D eigenvalue weighted by Crippen LogP contribution is 2.22. The summed E-state index contributed by atoms with van der Waals surface area (Å²) in [4.78, 5) is 17.5. The third-order valence-electron chi connectivity index (χ3n) is 4.23. The summed E-state index contributed by atoms with van der Waals surface area (Å²) in [7, 11) is 1.57. The highest BCUT2D eigenvalue weighted by atomic mass is 16.5. The molecular formula is C20H20N8O. The zero-order chi connectivity index (χ0) is 20.1. The summed E-state index contributed by atoms with van der Waals surface area (Å²) in [5, 5.41) is 7.46. The number of rotatable bonds is 7. The molecule has 29 heavy (non-hydrogen) atoms. The smallest absolute Gasteiger partial charge is 0.214 e. The van der Waals surface area contributed by atoms with Crippen molar-refractivity contribution in [2.75, 3.05) is 23.2 Å². The average molecular weight is 388 g/mol. The van der Waals surface area contributed by atoms with E-state index < -0.39 is 0 Å². The molecule has 0 unspecified atom stereocenters. The van der Waals surface area contributed by atoms with Gasteiger partial charge in [0.05, 0.1) is 18.8 Å². The van der Waals surface area contributed by atoms with Gasteiger partial charge < -0.3 is 20.8 Å². The SMILES string of the molecule is COc1cccc(Nc2cnc(NN)c(NCc3ccc4ncccc4c3)n2)n1. The molecule has 9 nitrogen and oxygen atoms in total. The van der Waals surface area contributed by atoms with E-state index in [-0.39, 0.29) is 0 Å². The van der Waals surface area contributed by atoms with Crippen molar-refractivity contribution in [2.45, 2.75) is 6.54 Å². The standard InChI is InChI=1S/C20H20N8O/c1-29-18-6-2-5-16(26-18)25-17-12-24-20(28-21)19(27-17)23-11-13-7-8-15-14(10-13)4-3-9-22-15/h2-10,12H,11,21H2,1H3,(H,24,28)(H2,23,25,26,27). The van der Waals surface area contributed by atoms with Crippen LogP contribution in [0.25, 0.3) is 10.9 Å². The Balaban J connectivity index is 1.52. The highest BCUT2D eigenvalue weighted by Gasteiger charge is 2.08. The first-order chi connectivity index (χ1) is 14.2. The summed E-state index contributed by atoms with van der Waals surface area (Å²) >= 11 is 0. The first-order valence-electron chi connectivity index (χ1n) is 8.94. The minimum absolute atomic E-state index is 0.441. The third-order valence-corrected chi connectivity index (χ3v) is 4.23. The molecule has 1 aromatic carbocycles. The number of fused-ring (bicyclic) bond motifs is 1. The fourth-order valence-corrected chi connectivity index (χ4v) is 2.83. The van der Waals surface area contributed by atoms with Gasteiger partial charge in [0.2, 0.25) is 5.88 Å². The van der Waals surface area contributed by atoms with Crippen LogP contribution < -0.4 is 26.6 Å². The lowest BCUT2D eigenvalue weighted by Crippen LogP contribution is -2.14. The van der Waals surface area contributed by atoms with E-state index in [1.807, 2.05) is 36.4 Å². The number of ether oxygens (including phenoxy) is 1. The molecule has 0 fully saturated rings. The lowest BCUT2D eigenvalue weighted by atomic mass is 10.1. The van der Waals surface area contributed by atoms with Crippen LogP contribution in [0.3, 0.4) is 0 Å². The molecule has 9 heteroatoms. The molecule has 3 aromatic heterocycles. The molecule has 0 spiro atoms. The number of pyridine rings is 2. The van der Waals surface area contributed by atoms with Crippen molar-refractivity contribution >= 4 is 34.2 Å². The molecular weight excluding hydrogens is 368 g/mol. The molecule has 0 saturated carbocycles. The number of nitrogens with zero attached hydrogens (tertiary/aromatic N) is 4. The maximum Gasteiger partial charge on any atom is 0.214 e. The van der Waals surface area contributed by atoms with Crippen molar-refractivity contribution in [1.82, 2.24) is 19.9 Å². The van der Waals surface area contributed by atoms with Crippen LogP contribution in [-0.2, 0) is 6.54 Å². The molecule has 0 amide bonds. The lowest BCUT2D eigenvalue weighted by Gasteiger charge is -2.13. The molecule has 4 rings (SSSR count). The van der Waals surface area contributed by atoms with Crippen molar-refractivity contribution in [2.24, 2.45) is 5.84 Å². The number of hydrogen-bond donors (Lipinski definition) is 4. The maximum atomic E-state index is 5.58. The van der Waals surface area contributed by atoms with Gasteiger partial charge in [0, 0.05) is 24.2 Å². The Morgan fingerprint density at radius 3 is 2.76 bits per heavy atom. The fraction of sp³-hybridized carbons (Fsp3) is 0.100. The average Bonchev–Trinajstić information content (AvgIpc) is 2.78. The van der Waals surface area contributed by atoms with E-state index in [1.54, 1.807) is 25.6 Å². The first-order valence-corrected chi connectivity index (χ1v) is 8.94. The molecule has 5 N–H and O–H groups in total. The van der Waals surface area contributed by atoms with Crippen molar-refractivity contribution < 1.29 is 4.74 Å². The number of aromatic nitrogens is 4. The predicted molar refractivity (Wildman–Crippen MR) is 113 cm³/mol. The summed E-state index contributed by atoms with van der Waals surface area (Å²) in [5.74, 6) is 8.17. The Hall–Kier alpha value is -3.98. The minimum Gasteiger partial charge on any atom is -0.481 e. The second-order valence-electron chi connectivity index (χ2n) is 6.17. The number of nitrogen functional groups attached to an aromatic ring is 1. The molecule has 0 bridgehead atoms. The van der Waals surface area contributed by atoms with Gasteiger partial charge in [-0.3, -0.25) is 4.98 Å². The lowest BCUT2D eigenvalue weighted by molar-refractivity contribution is 0.398. The topological polar surface area (TPSA) is 123 Å². The van der Waals surface area contributed by atoms with Crippen molar-refractivity contribution in [3.63, 3.8) is 0 Å². The first kappa shape index (κ1) is 18.4. The second kappa shape index (κ2) is 8.36. The predicted octanol–water partition coefficient (Wildman–Crippen LogP) is 3.07. The Bertz CT molecular complexity index is 1130. The van der Waals surface area contributed by atoms with Crippen LogP contribution in [0.2, 0.25) is 0 Å². The van der Waals surface area contributed by atoms with E-state index >= 15 is 0 Å². The Morgan fingerprint density at radius 2 is 1.90 bits per heavy atom. The van der Waals surface area contributed by atoms with Crippen molar-refractivity contribution in [1.29, 1.82) is 0 Å². The summed E-state index contributed by atoms with van der Waals surface area (Å²) in [6, 6.07) is 15.5. The van der Waals surface area contributed by atoms with Crippen molar-refractivity contribution in [3.05, 3.63) is 66.5 Å². The second-order valence-corrected chi connectivity index (χ2v) is 6.17. The van der Waals surface area contributed by atoms with E-state index in [9.17, 15) is 0 Å². The van der Waals surface area contributed by atoms with E-state index in [4.69, 9.17) is 10.6 Å². The maximum absolute atomic E-state index is 5.58. The normalized spacial score (nSPS) is 10.6. The van der Waals surface area contributed by atoms with Gasteiger partial charge >= 0.3 is 0 Å². The summed E-state index contributed by atoms with van der Waals surface area (Å²) in [5.41, 5.74) is 4.60. The van der Waals surface area contributed by atoms with Gasteiger partial charge in [-0.15, -0.1) is 0 Å². The van der Waals surface area contributed by atoms with Gasteiger partial charge in [-0.1, -0.05) is 18.2 Å². The van der Waals surface area contributed by atoms with Crippen molar-refractivity contribution in [3.8, 4) is 5.88 Å². The minimum atomic E-state index is 0.441. The zero-order valence-electron chi connectivity index (χ0n) is 15.8. The van der Waals surface area contributed by atoms with E-state index in [1.165, 1.54) is 0 Å². The van der Waals surface area contributed by atoms with Gasteiger partial charge in [-0.2, -0.15) is 4.98 Å². The monoisotopic (exact) mass is 388 g/mol. The van der Waals surface area contributed by atoms with E-state index in [0.717, 1.165) is 16.5 Å². The number of anilines is 4. The number of benzene rings is 1. The van der Waals surface area contributed by atoms with Gasteiger partial charge in [0.1, 0.15) is 5.82 Å². The fourth-order valence-electron chi connectivity index (χ4n) is 2.83. The van der Waals surface area contributed by atoms with Crippen LogP contribution in [0.5, 0.6) is 5.88 Å². The van der Waals surface area contributed by atoms with Crippen LogP contribution in [0.15, 0.2) is 60.9 Å². The number of hydrogen-bond acceptors (Lipinski definition) is 9. The van der Waals surface area contributed by atoms with Crippen LogP contribution >= 0.6 is 0 Å². The Morgan fingerprint density at radius 1 is 0.966 bits per heavy atom. The molecule has 0 radical (unpaired) electrons. The summed E-state index contributed by atoms with van der Waals surface area (Å²) in [6.45, 7) is 0.551. The Labute approximate surface area is 167 Å². The quantitative estimate of drug-likeness (QED) is 0.279. The van der Waals surface area contributed by atoms with Gasteiger partial charge in [-0.25, -0.2) is 15.8 Å². The number of methoxy groups -OCH3 is 1. The largest absolute Gasteiger partial charge is 0.481 e. The molecule has 0 atom stereocenters. The number of nitrogens with two attached hydrogens (primary N) is 1. The molecule has 146 valence electrons. The van der Waals surface area contributed by atoms with Crippen LogP contribution in [-0.4, -0.2) is 27.0 Å². The van der Waals surface area contributed by atoms with Crippen LogP contribution in [0.1, 0.15) is 5.56 Å². The molecule has 0 aliphatic rings. The highest BCUT2D eigenvalue weighted by molar-refractivity contribution is 5.79. The van der Waals surface area contributed by atoms with Gasteiger partial charge in [-0.05, 0) is 29.8 Å². The number of nitrogens with one attached hydrogen (secondary N) is 3. The molecule has 0 saturated heterocycles. The van der Waals surface area contributed by atoms with Crippen LogP contribution in [0.4, 0.5) is 23.3 Å². The zero-order valence-corrected chi connectivity index (χ0v) is 15.8. The summed E-state index contributed by atoms with van der Waals surface area (Å²) < 4.78 is 5.14. The third kappa shape index (κ3) is 4.30. The Kier molecular flexibility index (Phi) is 5.30.